The van der Waals surface area contributed by atoms with Crippen LogP contribution in [0, 0.1) is 5.92 Å². The SMILES string of the molecule is O=C(Nc1ccccc1-n1ccnc1)c1cccc(CC2CCNC2)c1. The normalized spacial score (nSPS) is 16.5. The van der Waals surface area contributed by atoms with Gasteiger partial charge in [-0.2, -0.15) is 0 Å². The molecule has 3 aromatic rings. The minimum Gasteiger partial charge on any atom is -0.320 e. The highest BCUT2D eigenvalue weighted by Crippen LogP contribution is 2.21. The minimum absolute atomic E-state index is 0.0936. The molecule has 1 aliphatic rings. The predicted molar refractivity (Wildman–Crippen MR) is 103 cm³/mol. The van der Waals surface area contributed by atoms with Crippen molar-refractivity contribution in [1.82, 2.24) is 14.9 Å². The van der Waals surface area contributed by atoms with Gasteiger partial charge in [-0.1, -0.05) is 24.3 Å². The maximum absolute atomic E-state index is 12.8. The molecule has 1 fully saturated rings. The molecule has 0 radical (unpaired) electrons. The first-order valence-electron chi connectivity index (χ1n) is 8.98. The van der Waals surface area contributed by atoms with Gasteiger partial charge in [0.15, 0.2) is 0 Å². The highest BCUT2D eigenvalue weighted by atomic mass is 16.1. The second kappa shape index (κ2) is 7.54. The third kappa shape index (κ3) is 3.68. The standard InChI is InChI=1S/C21H22N4O/c26-21(18-5-3-4-16(13-18)12-17-8-9-22-14-17)24-19-6-1-2-7-20(19)25-11-10-23-15-25/h1-7,10-11,13,15,17,22H,8-9,12,14H2,(H,24,26). The number of hydrogen-bond donors (Lipinski definition) is 2. The molecule has 0 aliphatic carbocycles. The zero-order valence-corrected chi connectivity index (χ0v) is 14.6. The average molecular weight is 346 g/mol. The molecular weight excluding hydrogens is 324 g/mol. The summed E-state index contributed by atoms with van der Waals surface area (Å²) in [6, 6.07) is 15.7. The van der Waals surface area contributed by atoms with E-state index in [4.69, 9.17) is 0 Å². The van der Waals surface area contributed by atoms with Gasteiger partial charge >= 0.3 is 0 Å². The summed E-state index contributed by atoms with van der Waals surface area (Å²) in [7, 11) is 0. The Hall–Kier alpha value is -2.92. The summed E-state index contributed by atoms with van der Waals surface area (Å²) in [6.45, 7) is 2.16. The first-order valence-corrected chi connectivity index (χ1v) is 8.98. The van der Waals surface area contributed by atoms with Crippen LogP contribution in [-0.2, 0) is 6.42 Å². The van der Waals surface area contributed by atoms with Crippen LogP contribution in [0.4, 0.5) is 5.69 Å². The monoisotopic (exact) mass is 346 g/mol. The number of rotatable bonds is 5. The third-order valence-electron chi connectivity index (χ3n) is 4.81. The van der Waals surface area contributed by atoms with Gasteiger partial charge in [0.25, 0.3) is 5.91 Å². The molecule has 2 aromatic carbocycles. The largest absolute Gasteiger partial charge is 0.320 e. The molecular formula is C21H22N4O. The second-order valence-corrected chi connectivity index (χ2v) is 6.70. The fourth-order valence-corrected chi connectivity index (χ4v) is 3.46. The van der Waals surface area contributed by atoms with Crippen molar-refractivity contribution in [1.29, 1.82) is 0 Å². The van der Waals surface area contributed by atoms with Crippen LogP contribution >= 0.6 is 0 Å². The lowest BCUT2D eigenvalue weighted by Crippen LogP contribution is -2.14. The second-order valence-electron chi connectivity index (χ2n) is 6.70. The number of nitrogens with one attached hydrogen (secondary N) is 2. The topological polar surface area (TPSA) is 59.0 Å². The molecule has 1 saturated heterocycles. The summed E-state index contributed by atoms with van der Waals surface area (Å²) in [5.41, 5.74) is 3.57. The first-order chi connectivity index (χ1) is 12.8. The van der Waals surface area contributed by atoms with Crippen LogP contribution in [0.5, 0.6) is 0 Å². The van der Waals surface area contributed by atoms with Crippen molar-refractivity contribution in [3.8, 4) is 5.69 Å². The third-order valence-corrected chi connectivity index (χ3v) is 4.81. The first kappa shape index (κ1) is 16.5. The lowest BCUT2D eigenvalue weighted by Gasteiger charge is -2.13. The van der Waals surface area contributed by atoms with Gasteiger partial charge < -0.3 is 15.2 Å². The van der Waals surface area contributed by atoms with Gasteiger partial charge in [0, 0.05) is 18.0 Å². The average Bonchev–Trinajstić information content (AvgIpc) is 3.36. The number of para-hydroxylation sites is 2. The lowest BCUT2D eigenvalue weighted by molar-refractivity contribution is 0.102. The van der Waals surface area contributed by atoms with E-state index in [0.29, 0.717) is 11.5 Å². The highest BCUT2D eigenvalue weighted by molar-refractivity contribution is 6.05. The number of hydrogen-bond acceptors (Lipinski definition) is 3. The molecule has 1 atom stereocenters. The van der Waals surface area contributed by atoms with Gasteiger partial charge in [-0.25, -0.2) is 4.98 Å². The van der Waals surface area contributed by atoms with E-state index in [1.807, 2.05) is 53.2 Å². The van der Waals surface area contributed by atoms with E-state index >= 15 is 0 Å². The van der Waals surface area contributed by atoms with Crippen LogP contribution in [0.1, 0.15) is 22.3 Å². The van der Waals surface area contributed by atoms with Gasteiger partial charge in [0.05, 0.1) is 17.7 Å². The quantitative estimate of drug-likeness (QED) is 0.745. The Balaban J connectivity index is 1.52. The summed E-state index contributed by atoms with van der Waals surface area (Å²) in [5, 5.41) is 6.43. The van der Waals surface area contributed by atoms with Gasteiger partial charge in [-0.3, -0.25) is 4.79 Å². The molecule has 1 aromatic heterocycles. The molecule has 26 heavy (non-hydrogen) atoms. The van der Waals surface area contributed by atoms with Crippen LogP contribution in [0.15, 0.2) is 67.3 Å². The number of benzene rings is 2. The Bertz CT molecular complexity index is 883. The molecule has 0 saturated carbocycles. The van der Waals surface area contributed by atoms with Crippen molar-refractivity contribution in [3.63, 3.8) is 0 Å². The minimum atomic E-state index is -0.0936. The molecule has 0 bridgehead atoms. The van der Waals surface area contributed by atoms with Gasteiger partial charge in [0.2, 0.25) is 0 Å². The molecule has 1 aliphatic heterocycles. The van der Waals surface area contributed by atoms with Crippen molar-refractivity contribution in [2.75, 3.05) is 18.4 Å². The Morgan fingerprint density at radius 3 is 2.96 bits per heavy atom. The predicted octanol–water partition coefficient (Wildman–Crippen LogP) is 3.28. The zero-order chi connectivity index (χ0) is 17.8. The van der Waals surface area contributed by atoms with E-state index in [2.05, 4.69) is 21.7 Å². The summed E-state index contributed by atoms with van der Waals surface area (Å²) < 4.78 is 1.89. The maximum Gasteiger partial charge on any atom is 0.255 e. The Labute approximate surface area is 153 Å². The van der Waals surface area contributed by atoms with E-state index in [0.717, 1.165) is 30.9 Å². The fraction of sp³-hybridized carbons (Fsp3) is 0.238. The van der Waals surface area contributed by atoms with Crippen LogP contribution < -0.4 is 10.6 Å². The fourth-order valence-electron chi connectivity index (χ4n) is 3.46. The van der Waals surface area contributed by atoms with E-state index in [1.54, 1.807) is 12.5 Å². The summed E-state index contributed by atoms with van der Waals surface area (Å²) in [4.78, 5) is 16.9. The van der Waals surface area contributed by atoms with E-state index in [9.17, 15) is 4.79 Å². The number of carbonyl (C=O) groups is 1. The van der Waals surface area contributed by atoms with Crippen molar-refractivity contribution in [2.45, 2.75) is 12.8 Å². The van der Waals surface area contributed by atoms with Crippen molar-refractivity contribution >= 4 is 11.6 Å². The molecule has 5 nitrogen and oxygen atoms in total. The van der Waals surface area contributed by atoms with Gasteiger partial charge in [-0.15, -0.1) is 0 Å². The van der Waals surface area contributed by atoms with Crippen LogP contribution in [0.2, 0.25) is 0 Å². The number of carbonyl (C=O) groups excluding carboxylic acids is 1. The number of amides is 1. The summed E-state index contributed by atoms with van der Waals surface area (Å²) in [6.07, 6.45) is 7.52. The van der Waals surface area contributed by atoms with Crippen molar-refractivity contribution < 1.29 is 4.79 Å². The van der Waals surface area contributed by atoms with E-state index in [-0.39, 0.29) is 5.91 Å². The number of nitrogens with zero attached hydrogens (tertiary/aromatic N) is 2. The Morgan fingerprint density at radius 2 is 2.15 bits per heavy atom. The molecule has 1 amide bonds. The molecule has 0 spiro atoms. The summed E-state index contributed by atoms with van der Waals surface area (Å²) >= 11 is 0. The number of anilines is 1. The highest BCUT2D eigenvalue weighted by Gasteiger charge is 2.16. The Kier molecular flexibility index (Phi) is 4.80. The zero-order valence-electron chi connectivity index (χ0n) is 14.6. The maximum atomic E-state index is 12.8. The Morgan fingerprint density at radius 1 is 1.23 bits per heavy atom. The van der Waals surface area contributed by atoms with E-state index in [1.165, 1.54) is 12.0 Å². The van der Waals surface area contributed by atoms with Crippen molar-refractivity contribution in [3.05, 3.63) is 78.4 Å². The van der Waals surface area contributed by atoms with Crippen LogP contribution in [0.25, 0.3) is 5.69 Å². The van der Waals surface area contributed by atoms with Crippen LogP contribution in [-0.4, -0.2) is 28.5 Å². The molecule has 2 heterocycles. The van der Waals surface area contributed by atoms with Crippen LogP contribution in [0.3, 0.4) is 0 Å². The van der Waals surface area contributed by atoms with Gasteiger partial charge in [0.1, 0.15) is 0 Å². The molecule has 1 unspecified atom stereocenters. The molecule has 4 rings (SSSR count). The summed E-state index contributed by atoms with van der Waals surface area (Å²) in [5.74, 6) is 0.569. The number of aromatic nitrogens is 2. The molecule has 132 valence electrons. The van der Waals surface area contributed by atoms with E-state index < -0.39 is 0 Å². The molecule has 5 heteroatoms. The molecule has 2 N–H and O–H groups in total. The smallest absolute Gasteiger partial charge is 0.255 e. The number of imidazole rings is 1. The van der Waals surface area contributed by atoms with Gasteiger partial charge in [-0.05, 0) is 61.7 Å². The van der Waals surface area contributed by atoms with Crippen molar-refractivity contribution in [2.24, 2.45) is 5.92 Å². The lowest BCUT2D eigenvalue weighted by atomic mass is 9.97.